The highest BCUT2D eigenvalue weighted by atomic mass is 16.4. The Balaban J connectivity index is 2.57. The predicted octanol–water partition coefficient (Wildman–Crippen LogP) is 1.48. The fourth-order valence-electron chi connectivity index (χ4n) is 2.03. The van der Waals surface area contributed by atoms with E-state index in [1.165, 1.54) is 0 Å². The van der Waals surface area contributed by atoms with Crippen molar-refractivity contribution in [1.82, 2.24) is 4.90 Å². The molecule has 15 heavy (non-hydrogen) atoms. The van der Waals surface area contributed by atoms with Crippen molar-refractivity contribution in [3.8, 4) is 6.07 Å². The monoisotopic (exact) mass is 210 g/mol. The summed E-state index contributed by atoms with van der Waals surface area (Å²) in [6.45, 7) is 5.27. The molecule has 1 atom stereocenters. The van der Waals surface area contributed by atoms with Gasteiger partial charge in [0.25, 0.3) is 0 Å². The molecule has 0 radical (unpaired) electrons. The Bertz CT molecular complexity index is 275. The molecule has 1 N–H and O–H groups in total. The quantitative estimate of drug-likeness (QED) is 0.766. The van der Waals surface area contributed by atoms with Crippen molar-refractivity contribution >= 4 is 5.97 Å². The lowest BCUT2D eigenvalue weighted by molar-refractivity contribution is -0.144. The van der Waals surface area contributed by atoms with Crippen LogP contribution in [0.4, 0.5) is 0 Å². The van der Waals surface area contributed by atoms with Gasteiger partial charge in [-0.25, -0.2) is 0 Å². The highest BCUT2D eigenvalue weighted by Gasteiger charge is 2.34. The summed E-state index contributed by atoms with van der Waals surface area (Å²) in [5.41, 5.74) is -0.257. The Morgan fingerprint density at radius 2 is 2.13 bits per heavy atom. The van der Waals surface area contributed by atoms with E-state index < -0.39 is 5.97 Å². The molecule has 0 spiro atoms. The highest BCUT2D eigenvalue weighted by Crippen LogP contribution is 2.30. The van der Waals surface area contributed by atoms with Crippen molar-refractivity contribution in [2.45, 2.75) is 39.2 Å². The SMILES string of the molecule is CCC(C(=O)O)N1CCC(C)(C#N)CC1. The molecule has 0 saturated carbocycles. The van der Waals surface area contributed by atoms with Crippen molar-refractivity contribution in [1.29, 1.82) is 5.26 Å². The van der Waals surface area contributed by atoms with Crippen molar-refractivity contribution in [2.75, 3.05) is 13.1 Å². The minimum absolute atomic E-state index is 0.257. The molecule has 0 aromatic heterocycles. The largest absolute Gasteiger partial charge is 0.480 e. The number of carbonyl (C=O) groups is 1. The molecular weight excluding hydrogens is 192 g/mol. The summed E-state index contributed by atoms with van der Waals surface area (Å²) in [6.07, 6.45) is 2.17. The molecule has 1 fully saturated rings. The first-order valence-corrected chi connectivity index (χ1v) is 5.40. The molecule has 4 heteroatoms. The van der Waals surface area contributed by atoms with Crippen LogP contribution in [0.5, 0.6) is 0 Å². The molecular formula is C11H18N2O2. The topological polar surface area (TPSA) is 64.3 Å². The number of hydrogen-bond acceptors (Lipinski definition) is 3. The molecule has 0 aliphatic carbocycles. The van der Waals surface area contributed by atoms with Gasteiger partial charge in [0.05, 0.1) is 11.5 Å². The van der Waals surface area contributed by atoms with Crippen molar-refractivity contribution in [3.05, 3.63) is 0 Å². The lowest BCUT2D eigenvalue weighted by Gasteiger charge is -2.37. The number of aliphatic carboxylic acids is 1. The Kier molecular flexibility index (Phi) is 3.70. The molecule has 4 nitrogen and oxygen atoms in total. The number of rotatable bonds is 3. The van der Waals surface area contributed by atoms with Crippen molar-refractivity contribution < 1.29 is 9.90 Å². The number of carboxylic acids is 1. The minimum Gasteiger partial charge on any atom is -0.480 e. The molecule has 0 bridgehead atoms. The normalized spacial score (nSPS) is 23.0. The van der Waals surface area contributed by atoms with Crippen LogP contribution in [-0.4, -0.2) is 35.1 Å². The summed E-state index contributed by atoms with van der Waals surface area (Å²) < 4.78 is 0. The van der Waals surface area contributed by atoms with Crippen LogP contribution in [-0.2, 0) is 4.79 Å². The zero-order valence-corrected chi connectivity index (χ0v) is 9.36. The lowest BCUT2D eigenvalue weighted by atomic mass is 9.81. The number of hydrogen-bond donors (Lipinski definition) is 1. The third-order valence-electron chi connectivity index (χ3n) is 3.28. The van der Waals surface area contributed by atoms with Gasteiger partial charge in [0.1, 0.15) is 6.04 Å². The summed E-state index contributed by atoms with van der Waals surface area (Å²) >= 11 is 0. The number of likely N-dealkylation sites (tertiary alicyclic amines) is 1. The van der Waals surface area contributed by atoms with Gasteiger partial charge < -0.3 is 5.11 Å². The molecule has 84 valence electrons. The third-order valence-corrected chi connectivity index (χ3v) is 3.28. The van der Waals surface area contributed by atoms with E-state index in [9.17, 15) is 4.79 Å². The van der Waals surface area contributed by atoms with Gasteiger partial charge in [0.15, 0.2) is 0 Å². The van der Waals surface area contributed by atoms with E-state index in [4.69, 9.17) is 10.4 Å². The average Bonchev–Trinajstić information content (AvgIpc) is 2.22. The van der Waals surface area contributed by atoms with Gasteiger partial charge in [-0.2, -0.15) is 5.26 Å². The standard InChI is InChI=1S/C11H18N2O2/c1-3-9(10(14)15)13-6-4-11(2,8-12)5-7-13/h9H,3-7H2,1-2H3,(H,14,15). The van der Waals surface area contributed by atoms with Crippen LogP contribution in [0.15, 0.2) is 0 Å². The number of carboxylic acid groups (broad SMARTS) is 1. The van der Waals surface area contributed by atoms with Gasteiger partial charge in [0, 0.05) is 13.1 Å². The van der Waals surface area contributed by atoms with Crippen molar-refractivity contribution in [3.63, 3.8) is 0 Å². The molecule has 0 amide bonds. The second-order valence-corrected chi connectivity index (χ2v) is 4.47. The fourth-order valence-corrected chi connectivity index (χ4v) is 2.03. The minimum atomic E-state index is -0.752. The van der Waals surface area contributed by atoms with Crippen LogP contribution >= 0.6 is 0 Å². The van der Waals surface area contributed by atoms with E-state index >= 15 is 0 Å². The maximum atomic E-state index is 11.0. The molecule has 1 unspecified atom stereocenters. The molecule has 0 aromatic rings. The average molecular weight is 210 g/mol. The lowest BCUT2D eigenvalue weighted by Crippen LogP contribution is -2.47. The van der Waals surface area contributed by atoms with Gasteiger partial charge in [-0.05, 0) is 26.2 Å². The van der Waals surface area contributed by atoms with Gasteiger partial charge in [-0.15, -0.1) is 0 Å². The number of piperidine rings is 1. The van der Waals surface area contributed by atoms with E-state index in [2.05, 4.69) is 6.07 Å². The van der Waals surface area contributed by atoms with Crippen LogP contribution in [0.1, 0.15) is 33.1 Å². The molecule has 1 rings (SSSR count). The molecule has 1 aliphatic rings. The smallest absolute Gasteiger partial charge is 0.320 e. The first kappa shape index (κ1) is 12.0. The Morgan fingerprint density at radius 3 is 2.47 bits per heavy atom. The number of nitrogens with zero attached hydrogens (tertiary/aromatic N) is 2. The summed E-state index contributed by atoms with van der Waals surface area (Å²) in [6, 6.07) is 1.93. The molecule has 1 saturated heterocycles. The van der Waals surface area contributed by atoms with Crippen molar-refractivity contribution in [2.24, 2.45) is 5.41 Å². The maximum Gasteiger partial charge on any atom is 0.320 e. The van der Waals surface area contributed by atoms with Crippen LogP contribution in [0.3, 0.4) is 0 Å². The Labute approximate surface area is 90.5 Å². The van der Waals surface area contributed by atoms with E-state index in [0.717, 1.165) is 25.9 Å². The predicted molar refractivity (Wildman–Crippen MR) is 56.2 cm³/mol. The van der Waals surface area contributed by atoms with Crippen LogP contribution in [0.25, 0.3) is 0 Å². The van der Waals surface area contributed by atoms with Crippen LogP contribution < -0.4 is 0 Å². The second kappa shape index (κ2) is 4.63. The Morgan fingerprint density at radius 1 is 1.60 bits per heavy atom. The summed E-state index contributed by atoms with van der Waals surface area (Å²) in [5.74, 6) is -0.752. The highest BCUT2D eigenvalue weighted by molar-refractivity contribution is 5.73. The third kappa shape index (κ3) is 2.69. The summed E-state index contributed by atoms with van der Waals surface area (Å²) in [5, 5.41) is 18.0. The first-order chi connectivity index (χ1) is 7.02. The zero-order valence-electron chi connectivity index (χ0n) is 9.36. The summed E-state index contributed by atoms with van der Waals surface area (Å²) in [7, 11) is 0. The van der Waals surface area contributed by atoms with E-state index in [0.29, 0.717) is 6.42 Å². The molecule has 0 aromatic carbocycles. The van der Waals surface area contributed by atoms with Gasteiger partial charge in [0.2, 0.25) is 0 Å². The van der Waals surface area contributed by atoms with E-state index in [-0.39, 0.29) is 11.5 Å². The fraction of sp³-hybridized carbons (Fsp3) is 0.818. The molecule has 1 aliphatic heterocycles. The van der Waals surface area contributed by atoms with Gasteiger partial charge >= 0.3 is 5.97 Å². The first-order valence-electron chi connectivity index (χ1n) is 5.40. The second-order valence-electron chi connectivity index (χ2n) is 4.47. The van der Waals surface area contributed by atoms with E-state index in [1.54, 1.807) is 0 Å². The zero-order chi connectivity index (χ0) is 11.5. The van der Waals surface area contributed by atoms with Gasteiger partial charge in [-0.3, -0.25) is 9.69 Å². The van der Waals surface area contributed by atoms with E-state index in [1.807, 2.05) is 18.7 Å². The number of nitriles is 1. The molecule has 1 heterocycles. The van der Waals surface area contributed by atoms with Gasteiger partial charge in [-0.1, -0.05) is 6.92 Å². The van der Waals surface area contributed by atoms with Crippen LogP contribution in [0.2, 0.25) is 0 Å². The van der Waals surface area contributed by atoms with Crippen LogP contribution in [0, 0.1) is 16.7 Å². The maximum absolute atomic E-state index is 11.0. The summed E-state index contributed by atoms with van der Waals surface area (Å²) in [4.78, 5) is 12.9. The Hall–Kier alpha value is -1.08.